The van der Waals surface area contributed by atoms with Gasteiger partial charge < -0.3 is 0 Å². The van der Waals surface area contributed by atoms with Crippen molar-refractivity contribution in [2.75, 3.05) is 17.8 Å². The van der Waals surface area contributed by atoms with Crippen LogP contribution < -0.4 is 10.4 Å². The summed E-state index contributed by atoms with van der Waals surface area (Å²) in [5.74, 6) is 0.405. The predicted molar refractivity (Wildman–Crippen MR) is 100 cm³/mol. The zero-order chi connectivity index (χ0) is 20.0. The van der Waals surface area contributed by atoms with Crippen molar-refractivity contribution in [2.45, 2.75) is 25.2 Å². The number of nitriles is 1. The van der Waals surface area contributed by atoms with Crippen molar-refractivity contribution in [1.82, 2.24) is 15.4 Å². The van der Waals surface area contributed by atoms with E-state index in [4.69, 9.17) is 5.26 Å². The molecule has 0 aliphatic heterocycles. The van der Waals surface area contributed by atoms with Crippen molar-refractivity contribution < 1.29 is 13.2 Å². The standard InChI is InChI=1S/C18H21N5O3S/c1-13(2)12-23(17-8-9-20-16(11-19)21-17)22-18(24)10-14-4-6-15(7-5-14)27(3,25)26/h4-9,13H,10,12H2,1-3H3,(H,22,24). The summed E-state index contributed by atoms with van der Waals surface area (Å²) in [4.78, 5) is 20.6. The Bertz CT molecular complexity index is 950. The molecule has 0 atom stereocenters. The third kappa shape index (κ3) is 6.04. The second-order valence-electron chi connectivity index (χ2n) is 6.48. The fourth-order valence-electron chi connectivity index (χ4n) is 2.34. The third-order valence-electron chi connectivity index (χ3n) is 3.54. The SMILES string of the molecule is CC(C)CN(NC(=O)Cc1ccc(S(C)(=O)=O)cc1)c1ccnc(C#N)n1. The molecule has 0 radical (unpaired) electrons. The number of hydrazine groups is 1. The molecule has 0 saturated carbocycles. The molecular weight excluding hydrogens is 366 g/mol. The van der Waals surface area contributed by atoms with E-state index < -0.39 is 9.84 Å². The van der Waals surface area contributed by atoms with Gasteiger partial charge in [0.05, 0.1) is 11.3 Å². The summed E-state index contributed by atoms with van der Waals surface area (Å²) in [7, 11) is -3.27. The second kappa shape index (κ2) is 8.60. The molecule has 0 aliphatic rings. The molecule has 2 rings (SSSR count). The van der Waals surface area contributed by atoms with Gasteiger partial charge in [-0.25, -0.2) is 13.4 Å². The maximum Gasteiger partial charge on any atom is 0.242 e. The van der Waals surface area contributed by atoms with E-state index >= 15 is 0 Å². The molecule has 0 unspecified atom stereocenters. The molecule has 1 amide bonds. The molecule has 0 fully saturated rings. The lowest BCUT2D eigenvalue weighted by atomic mass is 10.1. The predicted octanol–water partition coefficient (Wildman–Crippen LogP) is 1.49. The third-order valence-corrected chi connectivity index (χ3v) is 4.67. The van der Waals surface area contributed by atoms with Crippen LogP contribution >= 0.6 is 0 Å². The molecular formula is C18H21N5O3S. The highest BCUT2D eigenvalue weighted by Crippen LogP contribution is 2.12. The molecule has 2 aromatic rings. The van der Waals surface area contributed by atoms with Crippen molar-refractivity contribution in [1.29, 1.82) is 5.26 Å². The van der Waals surface area contributed by atoms with E-state index in [2.05, 4.69) is 15.4 Å². The van der Waals surface area contributed by atoms with Crippen LogP contribution in [0.15, 0.2) is 41.4 Å². The highest BCUT2D eigenvalue weighted by atomic mass is 32.2. The van der Waals surface area contributed by atoms with E-state index in [1.807, 2.05) is 19.9 Å². The average molecular weight is 387 g/mol. The summed E-state index contributed by atoms with van der Waals surface area (Å²) in [5, 5.41) is 10.5. The van der Waals surface area contributed by atoms with Crippen LogP contribution in [0.2, 0.25) is 0 Å². The lowest BCUT2D eigenvalue weighted by Crippen LogP contribution is -2.45. The van der Waals surface area contributed by atoms with Crippen LogP contribution in [-0.4, -0.2) is 37.1 Å². The summed E-state index contributed by atoms with van der Waals surface area (Å²) in [6.45, 7) is 4.49. The number of nitrogens with one attached hydrogen (secondary N) is 1. The average Bonchev–Trinajstić information content (AvgIpc) is 2.60. The van der Waals surface area contributed by atoms with Gasteiger partial charge >= 0.3 is 0 Å². The van der Waals surface area contributed by atoms with Gasteiger partial charge in [-0.05, 0) is 23.6 Å². The minimum Gasteiger partial charge on any atom is -0.273 e. The van der Waals surface area contributed by atoms with E-state index in [1.165, 1.54) is 18.3 Å². The first-order chi connectivity index (χ1) is 12.7. The molecule has 8 nitrogen and oxygen atoms in total. The molecule has 1 aromatic heterocycles. The maximum absolute atomic E-state index is 12.4. The molecule has 0 bridgehead atoms. The molecule has 142 valence electrons. The number of hydrogen-bond acceptors (Lipinski definition) is 7. The number of carbonyl (C=O) groups is 1. The van der Waals surface area contributed by atoms with Crippen LogP contribution in [0.3, 0.4) is 0 Å². The highest BCUT2D eigenvalue weighted by molar-refractivity contribution is 7.90. The van der Waals surface area contributed by atoms with E-state index in [1.54, 1.807) is 23.2 Å². The quantitative estimate of drug-likeness (QED) is 0.715. The van der Waals surface area contributed by atoms with E-state index in [0.717, 1.165) is 6.26 Å². The van der Waals surface area contributed by atoms with Crippen molar-refractivity contribution in [2.24, 2.45) is 5.92 Å². The molecule has 1 N–H and O–H groups in total. The molecule has 9 heteroatoms. The summed E-state index contributed by atoms with van der Waals surface area (Å²) >= 11 is 0. The number of benzene rings is 1. The fraction of sp³-hybridized carbons (Fsp3) is 0.333. The molecule has 0 spiro atoms. The Morgan fingerprint density at radius 1 is 1.26 bits per heavy atom. The van der Waals surface area contributed by atoms with Crippen LogP contribution in [0, 0.1) is 17.2 Å². The van der Waals surface area contributed by atoms with Crippen LogP contribution in [0.25, 0.3) is 0 Å². The number of anilines is 1. The van der Waals surface area contributed by atoms with Crippen molar-refractivity contribution in [3.8, 4) is 6.07 Å². The van der Waals surface area contributed by atoms with E-state index in [-0.39, 0.29) is 29.0 Å². The molecule has 0 aliphatic carbocycles. The number of sulfone groups is 1. The Kier molecular flexibility index (Phi) is 6.47. The molecule has 27 heavy (non-hydrogen) atoms. The van der Waals surface area contributed by atoms with Crippen LogP contribution in [0.4, 0.5) is 5.82 Å². The molecule has 1 heterocycles. The van der Waals surface area contributed by atoms with Gasteiger partial charge in [0, 0.05) is 25.1 Å². The Hall–Kier alpha value is -2.99. The van der Waals surface area contributed by atoms with Gasteiger partial charge in [-0.1, -0.05) is 26.0 Å². The van der Waals surface area contributed by atoms with Crippen LogP contribution in [-0.2, 0) is 21.1 Å². The van der Waals surface area contributed by atoms with Gasteiger partial charge in [0.1, 0.15) is 6.07 Å². The number of hydrogen-bond donors (Lipinski definition) is 1. The van der Waals surface area contributed by atoms with Crippen LogP contribution in [0.5, 0.6) is 0 Å². The maximum atomic E-state index is 12.4. The second-order valence-corrected chi connectivity index (χ2v) is 8.50. The fourth-order valence-corrected chi connectivity index (χ4v) is 2.98. The number of aromatic nitrogens is 2. The first kappa shape index (κ1) is 20.3. The van der Waals surface area contributed by atoms with Crippen molar-refractivity contribution >= 4 is 21.6 Å². The zero-order valence-corrected chi connectivity index (χ0v) is 16.2. The van der Waals surface area contributed by atoms with Crippen molar-refractivity contribution in [3.05, 3.63) is 47.9 Å². The van der Waals surface area contributed by atoms with Crippen LogP contribution in [0.1, 0.15) is 25.2 Å². The van der Waals surface area contributed by atoms with Gasteiger partial charge in [0.25, 0.3) is 0 Å². The summed E-state index contributed by atoms with van der Waals surface area (Å²) in [5.41, 5.74) is 3.47. The minimum atomic E-state index is -3.27. The van der Waals surface area contributed by atoms with Gasteiger partial charge in [0.2, 0.25) is 11.7 Å². The zero-order valence-electron chi connectivity index (χ0n) is 15.4. The Labute approximate surface area is 158 Å². The largest absolute Gasteiger partial charge is 0.273 e. The first-order valence-electron chi connectivity index (χ1n) is 8.28. The summed E-state index contributed by atoms with van der Waals surface area (Å²) in [6.07, 6.45) is 2.68. The Morgan fingerprint density at radius 3 is 2.48 bits per heavy atom. The van der Waals surface area contributed by atoms with E-state index in [9.17, 15) is 13.2 Å². The normalized spacial score (nSPS) is 11.1. The minimum absolute atomic E-state index is 0.0202. The lowest BCUT2D eigenvalue weighted by molar-refractivity contribution is -0.120. The van der Waals surface area contributed by atoms with Gasteiger partial charge in [-0.15, -0.1) is 0 Å². The molecule has 1 aromatic carbocycles. The number of rotatable bonds is 7. The van der Waals surface area contributed by atoms with Gasteiger partial charge in [-0.3, -0.25) is 15.2 Å². The number of nitrogens with zero attached hydrogens (tertiary/aromatic N) is 4. The Balaban J connectivity index is 2.12. The van der Waals surface area contributed by atoms with Gasteiger partial charge in [-0.2, -0.15) is 10.2 Å². The first-order valence-corrected chi connectivity index (χ1v) is 10.2. The monoisotopic (exact) mass is 387 g/mol. The topological polar surface area (TPSA) is 116 Å². The van der Waals surface area contributed by atoms with Crippen molar-refractivity contribution in [3.63, 3.8) is 0 Å². The smallest absolute Gasteiger partial charge is 0.242 e. The molecule has 0 saturated heterocycles. The highest BCUT2D eigenvalue weighted by Gasteiger charge is 2.15. The summed E-state index contributed by atoms with van der Waals surface area (Å²) < 4.78 is 23.0. The summed E-state index contributed by atoms with van der Waals surface area (Å²) in [6, 6.07) is 9.67. The number of carbonyl (C=O) groups excluding carboxylic acids is 1. The van der Waals surface area contributed by atoms with E-state index in [0.29, 0.717) is 17.9 Å². The lowest BCUT2D eigenvalue weighted by Gasteiger charge is -2.26. The Morgan fingerprint density at radius 2 is 1.93 bits per heavy atom. The number of amides is 1. The van der Waals surface area contributed by atoms with Gasteiger partial charge in [0.15, 0.2) is 15.7 Å².